The van der Waals surface area contributed by atoms with Gasteiger partial charge in [-0.15, -0.1) is 0 Å². The second-order valence-corrected chi connectivity index (χ2v) is 6.75. The number of allylic oxidation sites excluding steroid dienone is 2. The van der Waals surface area contributed by atoms with E-state index in [2.05, 4.69) is 29.2 Å². The van der Waals surface area contributed by atoms with Crippen LogP contribution in [0.5, 0.6) is 5.75 Å². The minimum absolute atomic E-state index is 0.152. The molecular formula is C23H25NO2. The van der Waals surface area contributed by atoms with Gasteiger partial charge in [0.05, 0.1) is 7.11 Å². The van der Waals surface area contributed by atoms with Crippen LogP contribution in [0.3, 0.4) is 0 Å². The summed E-state index contributed by atoms with van der Waals surface area (Å²) in [6, 6.07) is 16.1. The third-order valence-electron chi connectivity index (χ3n) is 4.69. The minimum atomic E-state index is 0.152. The quantitative estimate of drug-likeness (QED) is 0.731. The Bertz CT molecular complexity index is 845. The van der Waals surface area contributed by atoms with Gasteiger partial charge in [-0.05, 0) is 55.2 Å². The molecule has 0 saturated heterocycles. The molecule has 26 heavy (non-hydrogen) atoms. The van der Waals surface area contributed by atoms with Crippen LogP contribution in [0.25, 0.3) is 12.2 Å². The number of Topliss-reactive ketones (excluding diaryl/α,β-unsaturated/α-hetero) is 1. The Morgan fingerprint density at radius 1 is 0.923 bits per heavy atom. The molecule has 0 amide bonds. The van der Waals surface area contributed by atoms with E-state index >= 15 is 0 Å². The highest BCUT2D eigenvalue weighted by Crippen LogP contribution is 2.30. The summed E-state index contributed by atoms with van der Waals surface area (Å²) in [4.78, 5) is 15.0. The number of hydrogen-bond acceptors (Lipinski definition) is 3. The van der Waals surface area contributed by atoms with E-state index in [1.165, 1.54) is 0 Å². The SMILES string of the molecule is COc1ccccc1/C=C1\CCC/C(=C\c2ccc(N(C)C)cc2)C1=O. The molecule has 134 valence electrons. The lowest BCUT2D eigenvalue weighted by Crippen LogP contribution is -2.12. The first kappa shape index (κ1) is 18.0. The molecule has 0 unspecified atom stereocenters. The molecule has 0 aromatic heterocycles. The van der Waals surface area contributed by atoms with Crippen molar-refractivity contribution in [3.63, 3.8) is 0 Å². The van der Waals surface area contributed by atoms with Crippen molar-refractivity contribution in [2.75, 3.05) is 26.1 Å². The molecule has 2 aromatic carbocycles. The van der Waals surface area contributed by atoms with Crippen molar-refractivity contribution in [3.8, 4) is 5.75 Å². The topological polar surface area (TPSA) is 29.5 Å². The lowest BCUT2D eigenvalue weighted by atomic mass is 9.86. The van der Waals surface area contributed by atoms with Crippen molar-refractivity contribution in [3.05, 3.63) is 70.8 Å². The number of ketones is 1. The van der Waals surface area contributed by atoms with E-state index in [4.69, 9.17) is 4.74 Å². The first-order valence-electron chi connectivity index (χ1n) is 8.95. The second-order valence-electron chi connectivity index (χ2n) is 6.75. The molecule has 3 nitrogen and oxygen atoms in total. The number of rotatable bonds is 4. The number of carbonyl (C=O) groups is 1. The van der Waals surface area contributed by atoms with Crippen molar-refractivity contribution >= 4 is 23.6 Å². The van der Waals surface area contributed by atoms with Gasteiger partial charge in [-0.25, -0.2) is 0 Å². The van der Waals surface area contributed by atoms with Gasteiger partial charge in [-0.1, -0.05) is 30.3 Å². The Hall–Kier alpha value is -2.81. The van der Waals surface area contributed by atoms with E-state index in [0.717, 1.165) is 53.0 Å². The zero-order valence-corrected chi connectivity index (χ0v) is 15.7. The van der Waals surface area contributed by atoms with Crippen LogP contribution in [0, 0.1) is 0 Å². The maximum Gasteiger partial charge on any atom is 0.185 e. The van der Waals surface area contributed by atoms with Gasteiger partial charge < -0.3 is 9.64 Å². The van der Waals surface area contributed by atoms with E-state index in [0.29, 0.717) is 0 Å². The van der Waals surface area contributed by atoms with Crippen molar-refractivity contribution in [1.82, 2.24) is 0 Å². The van der Waals surface area contributed by atoms with Gasteiger partial charge in [0, 0.05) is 36.5 Å². The Labute approximate surface area is 155 Å². The number of benzene rings is 2. The molecule has 2 aromatic rings. The number of methoxy groups -OCH3 is 1. The summed E-state index contributed by atoms with van der Waals surface area (Å²) in [6.45, 7) is 0. The zero-order valence-electron chi connectivity index (χ0n) is 15.7. The van der Waals surface area contributed by atoms with Crippen LogP contribution < -0.4 is 9.64 Å². The molecule has 0 aliphatic heterocycles. The Kier molecular flexibility index (Phi) is 5.57. The molecular weight excluding hydrogens is 322 g/mol. The predicted octanol–water partition coefficient (Wildman–Crippen LogP) is 4.98. The van der Waals surface area contributed by atoms with E-state index in [-0.39, 0.29) is 5.78 Å². The average Bonchev–Trinajstić information content (AvgIpc) is 2.66. The molecule has 1 fully saturated rings. The highest BCUT2D eigenvalue weighted by atomic mass is 16.5. The highest BCUT2D eigenvalue weighted by molar-refractivity contribution is 6.14. The summed E-state index contributed by atoms with van der Waals surface area (Å²) in [7, 11) is 5.70. The third-order valence-corrected chi connectivity index (χ3v) is 4.69. The van der Waals surface area contributed by atoms with Gasteiger partial charge in [0.15, 0.2) is 5.78 Å². The summed E-state index contributed by atoms with van der Waals surface area (Å²) in [5.41, 5.74) is 4.92. The van der Waals surface area contributed by atoms with Gasteiger partial charge in [0.1, 0.15) is 5.75 Å². The van der Waals surface area contributed by atoms with E-state index in [1.807, 2.05) is 50.5 Å². The number of para-hydroxylation sites is 1. The minimum Gasteiger partial charge on any atom is -0.496 e. The summed E-state index contributed by atoms with van der Waals surface area (Å²) in [6.07, 6.45) is 6.64. The number of carbonyl (C=O) groups excluding carboxylic acids is 1. The van der Waals surface area contributed by atoms with E-state index in [9.17, 15) is 4.79 Å². The van der Waals surface area contributed by atoms with Crippen LogP contribution in [-0.2, 0) is 4.79 Å². The Morgan fingerprint density at radius 3 is 2.23 bits per heavy atom. The molecule has 0 N–H and O–H groups in total. The van der Waals surface area contributed by atoms with Crippen molar-refractivity contribution in [2.45, 2.75) is 19.3 Å². The van der Waals surface area contributed by atoms with E-state index in [1.54, 1.807) is 7.11 Å². The first-order chi connectivity index (χ1) is 12.6. The lowest BCUT2D eigenvalue weighted by molar-refractivity contribution is -0.112. The molecule has 0 bridgehead atoms. The van der Waals surface area contributed by atoms with Crippen LogP contribution in [0.4, 0.5) is 5.69 Å². The number of ether oxygens (including phenoxy) is 1. The van der Waals surface area contributed by atoms with Crippen LogP contribution in [-0.4, -0.2) is 27.0 Å². The molecule has 0 spiro atoms. The monoisotopic (exact) mass is 347 g/mol. The summed E-state index contributed by atoms with van der Waals surface area (Å²) in [5.74, 6) is 0.946. The molecule has 0 atom stereocenters. The molecule has 1 saturated carbocycles. The van der Waals surface area contributed by atoms with Crippen LogP contribution in [0.2, 0.25) is 0 Å². The highest BCUT2D eigenvalue weighted by Gasteiger charge is 2.20. The smallest absolute Gasteiger partial charge is 0.185 e. The van der Waals surface area contributed by atoms with Crippen LogP contribution in [0.1, 0.15) is 30.4 Å². The van der Waals surface area contributed by atoms with Crippen molar-refractivity contribution in [2.24, 2.45) is 0 Å². The average molecular weight is 347 g/mol. The number of nitrogens with zero attached hydrogens (tertiary/aromatic N) is 1. The first-order valence-corrected chi connectivity index (χ1v) is 8.95. The number of anilines is 1. The van der Waals surface area contributed by atoms with Crippen LogP contribution in [0.15, 0.2) is 59.7 Å². The van der Waals surface area contributed by atoms with Gasteiger partial charge >= 0.3 is 0 Å². The van der Waals surface area contributed by atoms with Crippen molar-refractivity contribution in [1.29, 1.82) is 0 Å². The van der Waals surface area contributed by atoms with Gasteiger partial charge in [0.25, 0.3) is 0 Å². The Balaban J connectivity index is 1.86. The van der Waals surface area contributed by atoms with Gasteiger partial charge in [-0.2, -0.15) is 0 Å². The van der Waals surface area contributed by atoms with Crippen molar-refractivity contribution < 1.29 is 9.53 Å². The molecule has 1 aliphatic carbocycles. The van der Waals surface area contributed by atoms with E-state index < -0.39 is 0 Å². The van der Waals surface area contributed by atoms with Crippen LogP contribution >= 0.6 is 0 Å². The largest absolute Gasteiger partial charge is 0.496 e. The predicted molar refractivity (Wildman–Crippen MR) is 109 cm³/mol. The molecule has 3 rings (SSSR count). The number of hydrogen-bond donors (Lipinski definition) is 0. The standard InChI is InChI=1S/C23H25NO2/c1-24(2)21-13-11-17(12-14-21)15-19-8-6-9-20(23(19)25)16-18-7-4-5-10-22(18)26-3/h4-5,7,10-16H,6,8-9H2,1-3H3/b19-15+,20-16+. The fraction of sp³-hybridized carbons (Fsp3) is 0.261. The second kappa shape index (κ2) is 8.05. The fourth-order valence-corrected chi connectivity index (χ4v) is 3.22. The molecule has 0 radical (unpaired) electrons. The maximum absolute atomic E-state index is 12.9. The van der Waals surface area contributed by atoms with Gasteiger partial charge in [0.2, 0.25) is 0 Å². The fourth-order valence-electron chi connectivity index (χ4n) is 3.22. The molecule has 3 heteroatoms. The summed E-state index contributed by atoms with van der Waals surface area (Å²) < 4.78 is 5.40. The molecule has 1 aliphatic rings. The maximum atomic E-state index is 12.9. The lowest BCUT2D eigenvalue weighted by Gasteiger charge is -2.17. The Morgan fingerprint density at radius 2 is 1.58 bits per heavy atom. The summed E-state index contributed by atoms with van der Waals surface area (Å²) in [5, 5.41) is 0. The normalized spacial score (nSPS) is 17.6. The third kappa shape index (κ3) is 4.05. The van der Waals surface area contributed by atoms with Gasteiger partial charge in [-0.3, -0.25) is 4.79 Å². The summed E-state index contributed by atoms with van der Waals surface area (Å²) >= 11 is 0. The zero-order chi connectivity index (χ0) is 18.5. The molecule has 0 heterocycles.